The van der Waals surface area contributed by atoms with Crippen LogP contribution < -0.4 is 5.73 Å². The molecule has 1 aromatic rings. The Morgan fingerprint density at radius 1 is 1.89 bits per heavy atom. The number of nitrogens with zero attached hydrogens (tertiary/aromatic N) is 2. The standard InChI is InChI=1S/C6H9N3/c1-3-6-5(7)4-8-9(6)2/h3-4H,1,7H2,2H3. The SMILES string of the molecule is C=Cc1c(N)cnn1C. The van der Waals surface area contributed by atoms with E-state index in [1.54, 1.807) is 17.0 Å². The Hall–Kier alpha value is -1.25. The molecule has 0 aromatic carbocycles. The van der Waals surface area contributed by atoms with Crippen LogP contribution >= 0.6 is 0 Å². The van der Waals surface area contributed by atoms with Crippen molar-refractivity contribution >= 4 is 11.8 Å². The summed E-state index contributed by atoms with van der Waals surface area (Å²) < 4.78 is 1.68. The van der Waals surface area contributed by atoms with E-state index in [4.69, 9.17) is 5.73 Å². The van der Waals surface area contributed by atoms with E-state index < -0.39 is 0 Å². The van der Waals surface area contributed by atoms with Gasteiger partial charge in [-0.05, 0) is 6.08 Å². The van der Waals surface area contributed by atoms with Crippen LogP contribution in [0.25, 0.3) is 6.08 Å². The molecule has 0 atom stereocenters. The molecule has 0 aliphatic heterocycles. The molecule has 3 heteroatoms. The molecule has 0 saturated heterocycles. The molecule has 48 valence electrons. The van der Waals surface area contributed by atoms with Crippen molar-refractivity contribution in [1.82, 2.24) is 9.78 Å². The first kappa shape index (κ1) is 5.88. The third kappa shape index (κ3) is 0.806. The zero-order chi connectivity index (χ0) is 6.85. The largest absolute Gasteiger partial charge is 0.396 e. The van der Waals surface area contributed by atoms with Crippen molar-refractivity contribution in [1.29, 1.82) is 0 Å². The van der Waals surface area contributed by atoms with Gasteiger partial charge in [-0.15, -0.1) is 0 Å². The van der Waals surface area contributed by atoms with Gasteiger partial charge in [-0.1, -0.05) is 6.58 Å². The molecule has 0 unspecified atom stereocenters. The van der Waals surface area contributed by atoms with Crippen LogP contribution in [0.4, 0.5) is 5.69 Å². The maximum atomic E-state index is 5.50. The Bertz CT molecular complexity index is 205. The highest BCUT2D eigenvalue weighted by Gasteiger charge is 1.97. The third-order valence-corrected chi connectivity index (χ3v) is 1.21. The van der Waals surface area contributed by atoms with Crippen molar-refractivity contribution in [3.8, 4) is 0 Å². The van der Waals surface area contributed by atoms with Gasteiger partial charge in [0.1, 0.15) is 0 Å². The van der Waals surface area contributed by atoms with E-state index in [1.165, 1.54) is 0 Å². The van der Waals surface area contributed by atoms with Crippen molar-refractivity contribution in [3.63, 3.8) is 0 Å². The molecule has 0 bridgehead atoms. The molecule has 0 fully saturated rings. The highest BCUT2D eigenvalue weighted by atomic mass is 15.3. The first-order valence-electron chi connectivity index (χ1n) is 2.65. The van der Waals surface area contributed by atoms with Gasteiger partial charge < -0.3 is 5.73 Å². The number of aryl methyl sites for hydroxylation is 1. The number of hydrogen-bond donors (Lipinski definition) is 1. The molecule has 0 spiro atoms. The molecule has 0 aliphatic carbocycles. The van der Waals surface area contributed by atoms with Crippen LogP contribution in [-0.4, -0.2) is 9.78 Å². The Morgan fingerprint density at radius 3 is 2.78 bits per heavy atom. The van der Waals surface area contributed by atoms with Crippen molar-refractivity contribution in [2.45, 2.75) is 0 Å². The Morgan fingerprint density at radius 2 is 2.56 bits per heavy atom. The van der Waals surface area contributed by atoms with E-state index in [0.29, 0.717) is 5.69 Å². The second kappa shape index (κ2) is 1.93. The minimum Gasteiger partial charge on any atom is -0.396 e. The van der Waals surface area contributed by atoms with E-state index in [-0.39, 0.29) is 0 Å². The number of hydrogen-bond acceptors (Lipinski definition) is 2. The van der Waals surface area contributed by atoms with Gasteiger partial charge in [-0.25, -0.2) is 0 Å². The second-order valence-corrected chi connectivity index (χ2v) is 1.81. The molecule has 1 rings (SSSR count). The highest BCUT2D eigenvalue weighted by Crippen LogP contribution is 2.08. The number of nitrogens with two attached hydrogens (primary N) is 1. The lowest BCUT2D eigenvalue weighted by molar-refractivity contribution is 0.760. The molecule has 0 saturated carbocycles. The number of anilines is 1. The lowest BCUT2D eigenvalue weighted by atomic mass is 10.4. The minimum atomic E-state index is 0.674. The summed E-state index contributed by atoms with van der Waals surface area (Å²) in [5.41, 5.74) is 7.04. The fraction of sp³-hybridized carbons (Fsp3) is 0.167. The third-order valence-electron chi connectivity index (χ3n) is 1.21. The van der Waals surface area contributed by atoms with Crippen LogP contribution in [0.5, 0.6) is 0 Å². The van der Waals surface area contributed by atoms with Gasteiger partial charge in [0, 0.05) is 7.05 Å². The molecule has 0 amide bonds. The predicted molar refractivity (Wildman–Crippen MR) is 37.7 cm³/mol. The van der Waals surface area contributed by atoms with Crippen molar-refractivity contribution in [3.05, 3.63) is 18.5 Å². The van der Waals surface area contributed by atoms with Gasteiger partial charge in [0.25, 0.3) is 0 Å². The molecule has 1 aromatic heterocycles. The van der Waals surface area contributed by atoms with E-state index in [0.717, 1.165) is 5.69 Å². The Balaban J connectivity index is 3.22. The summed E-state index contributed by atoms with van der Waals surface area (Å²) in [6, 6.07) is 0. The minimum absolute atomic E-state index is 0.674. The molecule has 9 heavy (non-hydrogen) atoms. The van der Waals surface area contributed by atoms with Crippen molar-refractivity contribution in [2.24, 2.45) is 7.05 Å². The summed E-state index contributed by atoms with van der Waals surface area (Å²) in [7, 11) is 1.83. The topological polar surface area (TPSA) is 43.8 Å². The smallest absolute Gasteiger partial charge is 0.0830 e. The summed E-state index contributed by atoms with van der Waals surface area (Å²) in [6.45, 7) is 3.58. The van der Waals surface area contributed by atoms with E-state index in [9.17, 15) is 0 Å². The number of rotatable bonds is 1. The van der Waals surface area contributed by atoms with Crippen molar-refractivity contribution < 1.29 is 0 Å². The van der Waals surface area contributed by atoms with Crippen LogP contribution in [0.15, 0.2) is 12.8 Å². The summed E-state index contributed by atoms with van der Waals surface area (Å²) in [5.74, 6) is 0. The molecule has 0 aliphatic rings. The van der Waals surface area contributed by atoms with Gasteiger partial charge in [-0.3, -0.25) is 4.68 Å². The van der Waals surface area contributed by atoms with E-state index >= 15 is 0 Å². The van der Waals surface area contributed by atoms with Gasteiger partial charge >= 0.3 is 0 Å². The molecular weight excluding hydrogens is 114 g/mol. The van der Waals surface area contributed by atoms with Crippen LogP contribution in [0, 0.1) is 0 Å². The normalized spacial score (nSPS) is 9.44. The first-order valence-corrected chi connectivity index (χ1v) is 2.65. The predicted octanol–water partition coefficient (Wildman–Crippen LogP) is 0.645. The second-order valence-electron chi connectivity index (χ2n) is 1.81. The Kier molecular flexibility index (Phi) is 1.26. The monoisotopic (exact) mass is 123 g/mol. The summed E-state index contributed by atoms with van der Waals surface area (Å²) in [5, 5.41) is 3.91. The van der Waals surface area contributed by atoms with Crippen LogP contribution in [0.3, 0.4) is 0 Å². The lowest BCUT2D eigenvalue weighted by Crippen LogP contribution is -1.93. The molecule has 3 nitrogen and oxygen atoms in total. The Labute approximate surface area is 53.8 Å². The van der Waals surface area contributed by atoms with Crippen LogP contribution in [-0.2, 0) is 7.05 Å². The molecule has 1 heterocycles. The van der Waals surface area contributed by atoms with Crippen molar-refractivity contribution in [2.75, 3.05) is 5.73 Å². The first-order chi connectivity index (χ1) is 4.25. The molecule has 2 N–H and O–H groups in total. The number of nitrogen functional groups attached to an aromatic ring is 1. The number of aromatic nitrogens is 2. The average Bonchev–Trinajstić information content (AvgIpc) is 2.12. The van der Waals surface area contributed by atoms with E-state index in [1.807, 2.05) is 7.05 Å². The summed E-state index contributed by atoms with van der Waals surface area (Å²) >= 11 is 0. The van der Waals surface area contributed by atoms with Crippen LogP contribution in [0.2, 0.25) is 0 Å². The fourth-order valence-electron chi connectivity index (χ4n) is 0.714. The average molecular weight is 123 g/mol. The maximum Gasteiger partial charge on any atom is 0.0830 e. The van der Waals surface area contributed by atoms with E-state index in [2.05, 4.69) is 11.7 Å². The zero-order valence-electron chi connectivity index (χ0n) is 5.33. The van der Waals surface area contributed by atoms with Gasteiger partial charge in [0.15, 0.2) is 0 Å². The molecule has 0 radical (unpaired) electrons. The summed E-state index contributed by atoms with van der Waals surface area (Å²) in [4.78, 5) is 0. The summed E-state index contributed by atoms with van der Waals surface area (Å²) in [6.07, 6.45) is 3.29. The molecular formula is C6H9N3. The van der Waals surface area contributed by atoms with Gasteiger partial charge in [0.05, 0.1) is 17.6 Å². The maximum absolute atomic E-state index is 5.50. The zero-order valence-corrected chi connectivity index (χ0v) is 5.33. The van der Waals surface area contributed by atoms with Crippen LogP contribution in [0.1, 0.15) is 5.69 Å². The fourth-order valence-corrected chi connectivity index (χ4v) is 0.714. The van der Waals surface area contributed by atoms with Gasteiger partial charge in [0.2, 0.25) is 0 Å². The highest BCUT2D eigenvalue weighted by molar-refractivity contribution is 5.58. The quantitative estimate of drug-likeness (QED) is 0.595. The van der Waals surface area contributed by atoms with Gasteiger partial charge in [-0.2, -0.15) is 5.10 Å². The lowest BCUT2D eigenvalue weighted by Gasteiger charge is -1.92.